The number of para-hydroxylation sites is 1. The molecule has 0 aliphatic carbocycles. The second kappa shape index (κ2) is 10.2. The highest BCUT2D eigenvalue weighted by atomic mass is 19.3. The van der Waals surface area contributed by atoms with Gasteiger partial charge in [-0.25, -0.2) is 4.39 Å². The van der Waals surface area contributed by atoms with E-state index < -0.39 is 23.9 Å². The molecule has 12 heteroatoms. The molecular weight excluding hydrogens is 467 g/mol. The number of methoxy groups -OCH3 is 1. The van der Waals surface area contributed by atoms with E-state index in [4.69, 9.17) is 9.15 Å². The van der Waals surface area contributed by atoms with Gasteiger partial charge in [0.1, 0.15) is 0 Å². The molecule has 4 rings (SSSR count). The van der Waals surface area contributed by atoms with Gasteiger partial charge in [0.2, 0.25) is 17.5 Å². The van der Waals surface area contributed by atoms with Crippen LogP contribution in [-0.4, -0.2) is 64.4 Å². The first-order valence-corrected chi connectivity index (χ1v) is 10.7. The van der Waals surface area contributed by atoms with Crippen LogP contribution in [0.3, 0.4) is 0 Å². The zero-order valence-electron chi connectivity index (χ0n) is 18.7. The van der Waals surface area contributed by atoms with Crippen molar-refractivity contribution in [3.8, 4) is 11.5 Å². The summed E-state index contributed by atoms with van der Waals surface area (Å²) in [5.41, 5.74) is -1.04. The lowest BCUT2D eigenvalue weighted by Gasteiger charge is -2.45. The van der Waals surface area contributed by atoms with Gasteiger partial charge in [0, 0.05) is 19.0 Å². The molecule has 0 spiro atoms. The van der Waals surface area contributed by atoms with Crippen LogP contribution in [0.15, 0.2) is 53.1 Å². The number of carbonyl (C=O) groups is 2. The first-order valence-electron chi connectivity index (χ1n) is 10.7. The normalized spacial score (nSPS) is 14.6. The largest absolute Gasteiger partial charge is 0.415 e. The Balaban J connectivity index is 1.50. The van der Waals surface area contributed by atoms with Gasteiger partial charge < -0.3 is 19.0 Å². The van der Waals surface area contributed by atoms with Crippen molar-refractivity contribution >= 4 is 17.5 Å². The van der Waals surface area contributed by atoms with Gasteiger partial charge in [-0.2, -0.15) is 8.78 Å². The minimum absolute atomic E-state index is 0.0570. The molecule has 0 N–H and O–H groups in total. The van der Waals surface area contributed by atoms with E-state index in [2.05, 4.69) is 15.2 Å². The summed E-state index contributed by atoms with van der Waals surface area (Å²) in [6, 6.07) is 11.6. The van der Waals surface area contributed by atoms with E-state index in [0.717, 1.165) is 0 Å². The van der Waals surface area contributed by atoms with E-state index >= 15 is 4.39 Å². The van der Waals surface area contributed by atoms with Crippen LogP contribution in [0.1, 0.15) is 24.4 Å². The Morgan fingerprint density at radius 2 is 1.91 bits per heavy atom. The van der Waals surface area contributed by atoms with Crippen molar-refractivity contribution in [2.24, 2.45) is 0 Å². The van der Waals surface area contributed by atoms with Crippen molar-refractivity contribution in [1.29, 1.82) is 0 Å². The predicted molar refractivity (Wildman–Crippen MR) is 117 cm³/mol. The fraction of sp³-hybridized carbons (Fsp3) is 0.348. The number of ether oxygens (including phenoxy) is 1. The monoisotopic (exact) mass is 489 g/mol. The molecule has 0 saturated carbocycles. The third-order valence-electron chi connectivity index (χ3n) is 5.47. The lowest BCUT2D eigenvalue weighted by atomic mass is 9.93. The van der Waals surface area contributed by atoms with E-state index in [0.29, 0.717) is 16.9 Å². The second-order valence-corrected chi connectivity index (χ2v) is 7.97. The van der Waals surface area contributed by atoms with Crippen LogP contribution in [0, 0.1) is 0 Å². The summed E-state index contributed by atoms with van der Waals surface area (Å²) >= 11 is 0. The Morgan fingerprint density at radius 1 is 1.17 bits per heavy atom. The van der Waals surface area contributed by atoms with Gasteiger partial charge in [0.25, 0.3) is 11.8 Å². The number of alkyl halides is 3. The van der Waals surface area contributed by atoms with Crippen LogP contribution < -0.4 is 4.90 Å². The van der Waals surface area contributed by atoms with Crippen molar-refractivity contribution in [2.75, 3.05) is 31.7 Å². The lowest BCUT2D eigenvalue weighted by molar-refractivity contribution is -0.155. The number of benzene rings is 1. The van der Waals surface area contributed by atoms with Gasteiger partial charge in [-0.15, -0.1) is 10.2 Å². The van der Waals surface area contributed by atoms with E-state index in [-0.39, 0.29) is 44.5 Å². The van der Waals surface area contributed by atoms with Crippen molar-refractivity contribution in [2.45, 2.75) is 25.1 Å². The number of halogens is 3. The number of aromatic nitrogens is 3. The molecule has 0 radical (unpaired) electrons. The molecule has 3 aromatic rings. The minimum atomic E-state index is -2.89. The summed E-state index contributed by atoms with van der Waals surface area (Å²) in [5.74, 6) is -1.99. The Bertz CT molecular complexity index is 1170. The van der Waals surface area contributed by atoms with E-state index in [1.54, 1.807) is 36.4 Å². The number of anilines is 1. The Kier molecular flexibility index (Phi) is 7.10. The summed E-state index contributed by atoms with van der Waals surface area (Å²) in [7, 11) is 1.47. The summed E-state index contributed by atoms with van der Waals surface area (Å²) < 4.78 is 50.7. The molecule has 1 saturated heterocycles. The summed E-state index contributed by atoms with van der Waals surface area (Å²) in [4.78, 5) is 32.1. The first-order chi connectivity index (χ1) is 16.8. The van der Waals surface area contributed by atoms with E-state index in [9.17, 15) is 18.4 Å². The van der Waals surface area contributed by atoms with Gasteiger partial charge in [-0.3, -0.25) is 14.6 Å². The number of nitrogens with zero attached hydrogens (tertiary/aromatic N) is 5. The topological polar surface area (TPSA) is 102 Å². The molecule has 0 unspecified atom stereocenters. The van der Waals surface area contributed by atoms with Crippen molar-refractivity contribution in [1.82, 2.24) is 20.1 Å². The van der Waals surface area contributed by atoms with Crippen molar-refractivity contribution in [3.05, 3.63) is 60.2 Å². The lowest BCUT2D eigenvalue weighted by Crippen LogP contribution is -2.68. The average molecular weight is 489 g/mol. The van der Waals surface area contributed by atoms with Gasteiger partial charge in [0.15, 0.2) is 0 Å². The van der Waals surface area contributed by atoms with Gasteiger partial charge in [-0.05, 0) is 24.3 Å². The highest BCUT2D eigenvalue weighted by Gasteiger charge is 2.53. The van der Waals surface area contributed by atoms with Crippen LogP contribution in [0.2, 0.25) is 0 Å². The molecule has 2 aromatic heterocycles. The molecule has 9 nitrogen and oxygen atoms in total. The Hall–Kier alpha value is -3.80. The maximum atomic E-state index is 15.5. The van der Waals surface area contributed by atoms with Crippen LogP contribution in [0.25, 0.3) is 11.5 Å². The fourth-order valence-electron chi connectivity index (χ4n) is 3.59. The maximum absolute atomic E-state index is 15.5. The average Bonchev–Trinajstić information content (AvgIpc) is 3.35. The summed E-state index contributed by atoms with van der Waals surface area (Å²) in [6.07, 6.45) is -1.44. The molecule has 184 valence electrons. The van der Waals surface area contributed by atoms with Crippen LogP contribution in [0.5, 0.6) is 0 Å². The SMILES string of the molecule is COCCC(=O)N1CC(F)(C(=O)N(Cc2ccc(-c3nnc(C(F)F)o3)cn2)c2ccccc2)C1. The molecule has 1 aliphatic rings. The highest BCUT2D eigenvalue weighted by Crippen LogP contribution is 2.31. The molecular formula is C23H22F3N5O4. The smallest absolute Gasteiger partial charge is 0.314 e. The van der Waals surface area contributed by atoms with Crippen molar-refractivity contribution < 1.29 is 31.9 Å². The molecule has 2 amide bonds. The van der Waals surface area contributed by atoms with Gasteiger partial charge in [0.05, 0.1) is 43.9 Å². The van der Waals surface area contributed by atoms with Crippen LogP contribution in [-0.2, 0) is 20.9 Å². The Morgan fingerprint density at radius 3 is 2.51 bits per heavy atom. The van der Waals surface area contributed by atoms with Crippen LogP contribution >= 0.6 is 0 Å². The number of hydrogen-bond donors (Lipinski definition) is 0. The predicted octanol–water partition coefficient (Wildman–Crippen LogP) is 3.19. The molecule has 1 fully saturated rings. The zero-order valence-corrected chi connectivity index (χ0v) is 18.7. The number of carbonyl (C=O) groups excluding carboxylic acids is 2. The highest BCUT2D eigenvalue weighted by molar-refractivity contribution is 6.01. The summed E-state index contributed by atoms with van der Waals surface area (Å²) in [6.45, 7) is -0.520. The quantitative estimate of drug-likeness (QED) is 0.455. The molecule has 3 heterocycles. The third kappa shape index (κ3) is 5.32. The number of likely N-dealkylation sites (tertiary alicyclic amines) is 1. The fourth-order valence-corrected chi connectivity index (χ4v) is 3.59. The number of hydrogen-bond acceptors (Lipinski definition) is 7. The molecule has 1 aliphatic heterocycles. The van der Waals surface area contributed by atoms with Gasteiger partial charge >= 0.3 is 6.43 Å². The minimum Gasteiger partial charge on any atom is -0.415 e. The Labute approximate surface area is 198 Å². The summed E-state index contributed by atoms with van der Waals surface area (Å²) in [5, 5.41) is 6.85. The first kappa shape index (κ1) is 24.3. The molecule has 0 bridgehead atoms. The molecule has 35 heavy (non-hydrogen) atoms. The standard InChI is InChI=1S/C23H22F3N5O4/c1-34-10-9-18(32)30-13-23(26,14-30)22(33)31(17-5-3-2-4-6-17)12-16-8-7-15(11-27-16)20-28-29-21(35-20)19(24)25/h2-8,11,19H,9-10,12-14H2,1H3. The molecule has 1 aromatic carbocycles. The van der Waals surface area contributed by atoms with Gasteiger partial charge in [-0.1, -0.05) is 18.2 Å². The third-order valence-corrected chi connectivity index (χ3v) is 5.47. The second-order valence-electron chi connectivity index (χ2n) is 7.97. The zero-order chi connectivity index (χ0) is 25.0. The van der Waals surface area contributed by atoms with E-state index in [1.807, 2.05) is 0 Å². The van der Waals surface area contributed by atoms with Crippen LogP contribution in [0.4, 0.5) is 18.9 Å². The van der Waals surface area contributed by atoms with Crippen molar-refractivity contribution in [3.63, 3.8) is 0 Å². The maximum Gasteiger partial charge on any atom is 0.314 e. The number of rotatable bonds is 9. The molecule has 0 atom stereocenters. The number of amides is 2. The van der Waals surface area contributed by atoms with E-state index in [1.165, 1.54) is 29.2 Å². The number of pyridine rings is 1.